The van der Waals surface area contributed by atoms with Crippen LogP contribution in [0.25, 0.3) is 0 Å². The van der Waals surface area contributed by atoms with Crippen LogP contribution in [0.1, 0.15) is 36.7 Å². The summed E-state index contributed by atoms with van der Waals surface area (Å²) >= 11 is 0. The van der Waals surface area contributed by atoms with Crippen molar-refractivity contribution in [1.82, 2.24) is 10.3 Å². The molecule has 9 heteroatoms. The Kier molecular flexibility index (Phi) is 14.6. The van der Waals surface area contributed by atoms with Gasteiger partial charge in [-0.3, -0.25) is 4.79 Å². The van der Waals surface area contributed by atoms with Crippen LogP contribution in [0.5, 0.6) is 11.5 Å². The number of amides is 1. The lowest BCUT2D eigenvalue weighted by atomic mass is 9.95. The second kappa shape index (κ2) is 17.4. The van der Waals surface area contributed by atoms with Crippen LogP contribution in [0, 0.1) is 5.92 Å². The molecule has 2 rings (SSSR count). The van der Waals surface area contributed by atoms with Gasteiger partial charge < -0.3 is 29.7 Å². The Morgan fingerprint density at radius 3 is 2.50 bits per heavy atom. The van der Waals surface area contributed by atoms with Gasteiger partial charge in [0.25, 0.3) is 5.91 Å². The number of esters is 1. The van der Waals surface area contributed by atoms with E-state index in [1.807, 2.05) is 13.0 Å². The van der Waals surface area contributed by atoms with Crippen LogP contribution in [0.2, 0.25) is 0 Å². The van der Waals surface area contributed by atoms with Gasteiger partial charge in [0.2, 0.25) is 0 Å². The van der Waals surface area contributed by atoms with E-state index in [1.54, 1.807) is 12.2 Å². The highest BCUT2D eigenvalue weighted by molar-refractivity contribution is 5.98. The predicted octanol–water partition coefficient (Wildman–Crippen LogP) is 4.74. The third-order valence-electron chi connectivity index (χ3n) is 5.47. The van der Waals surface area contributed by atoms with Crippen molar-refractivity contribution in [3.05, 3.63) is 92.1 Å². The number of aromatic hydroxyl groups is 1. The molecule has 3 atom stereocenters. The van der Waals surface area contributed by atoms with E-state index in [9.17, 15) is 14.7 Å². The molecule has 9 nitrogen and oxygen atoms in total. The molecule has 1 fully saturated rings. The molecule has 1 amide bonds. The highest BCUT2D eigenvalue weighted by atomic mass is 16.5. The van der Waals surface area contributed by atoms with E-state index in [-0.39, 0.29) is 35.8 Å². The molecule has 2 unspecified atom stereocenters. The fourth-order valence-electron chi connectivity index (χ4n) is 3.55. The number of cyclic esters (lactones) is 1. The Morgan fingerprint density at radius 2 is 1.92 bits per heavy atom. The van der Waals surface area contributed by atoms with Gasteiger partial charge in [0, 0.05) is 18.9 Å². The first kappa shape index (κ1) is 31.9. The van der Waals surface area contributed by atoms with Crippen molar-refractivity contribution in [2.75, 3.05) is 20.3 Å². The number of rotatable bonds is 10. The molecule has 0 spiro atoms. The largest absolute Gasteiger partial charge is 0.508 e. The molecule has 0 aromatic carbocycles. The minimum atomic E-state index is -1.02. The normalized spacial score (nSPS) is 20.2. The second-order valence-corrected chi connectivity index (χ2v) is 8.37. The summed E-state index contributed by atoms with van der Waals surface area (Å²) in [5, 5.41) is 21.2. The second-order valence-electron chi connectivity index (χ2n) is 8.37. The van der Waals surface area contributed by atoms with E-state index in [0.717, 1.165) is 18.4 Å². The quantitative estimate of drug-likeness (QED) is 0.227. The molecule has 38 heavy (non-hydrogen) atoms. The lowest BCUT2D eigenvalue weighted by Crippen LogP contribution is -2.45. The van der Waals surface area contributed by atoms with Crippen LogP contribution in [0.4, 0.5) is 0 Å². The van der Waals surface area contributed by atoms with Gasteiger partial charge in [-0.1, -0.05) is 50.6 Å². The number of aliphatic hydroxyl groups is 1. The highest BCUT2D eigenvalue weighted by Gasteiger charge is 2.30. The molecule has 2 heterocycles. The smallest absolute Gasteiger partial charge is 0.331 e. The fourth-order valence-corrected chi connectivity index (χ4v) is 3.55. The van der Waals surface area contributed by atoms with Gasteiger partial charge in [0.1, 0.15) is 5.76 Å². The Labute approximate surface area is 224 Å². The number of ether oxygens (including phenoxy) is 3. The summed E-state index contributed by atoms with van der Waals surface area (Å²) in [6, 6.07) is 0.401. The molecule has 1 aromatic rings. The lowest BCUT2D eigenvalue weighted by molar-refractivity contribution is -0.151. The average Bonchev–Trinajstić information content (AvgIpc) is 2.96. The zero-order chi connectivity index (χ0) is 28.5. The van der Waals surface area contributed by atoms with Crippen LogP contribution in [-0.2, 0) is 14.3 Å². The van der Waals surface area contributed by atoms with Gasteiger partial charge in [-0.2, -0.15) is 0 Å². The van der Waals surface area contributed by atoms with Gasteiger partial charge in [0.05, 0.1) is 19.8 Å². The van der Waals surface area contributed by atoms with Gasteiger partial charge in [-0.15, -0.1) is 0 Å². The number of hydrogen-bond donors (Lipinski definition) is 3. The zero-order valence-corrected chi connectivity index (χ0v) is 22.1. The van der Waals surface area contributed by atoms with E-state index < -0.39 is 23.7 Å². The van der Waals surface area contributed by atoms with Crippen LogP contribution in [0.3, 0.4) is 0 Å². The molecule has 1 aromatic heterocycles. The molecule has 1 aliphatic heterocycles. The van der Waals surface area contributed by atoms with E-state index >= 15 is 0 Å². The first-order chi connectivity index (χ1) is 18.2. The number of allylic oxidation sites excluding steroid dienone is 7. The topological polar surface area (TPSA) is 127 Å². The molecular weight excluding hydrogens is 488 g/mol. The monoisotopic (exact) mass is 526 g/mol. The SMILES string of the molecule is C=C/C=C(/O)C=C.C=C/C=C(\C=C)CCC1COC[C@H](NC(=O)c2nccc(OC)c2O)C(=O)OC(C)C1. The van der Waals surface area contributed by atoms with Crippen molar-refractivity contribution in [3.63, 3.8) is 0 Å². The van der Waals surface area contributed by atoms with E-state index in [2.05, 4.69) is 36.6 Å². The minimum Gasteiger partial charge on any atom is -0.508 e. The van der Waals surface area contributed by atoms with Crippen molar-refractivity contribution < 1.29 is 34.0 Å². The van der Waals surface area contributed by atoms with E-state index in [1.165, 1.54) is 37.6 Å². The van der Waals surface area contributed by atoms with Crippen molar-refractivity contribution in [2.45, 2.75) is 38.3 Å². The summed E-state index contributed by atoms with van der Waals surface area (Å²) in [6.45, 7) is 16.4. The van der Waals surface area contributed by atoms with Gasteiger partial charge in [-0.05, 0) is 49.8 Å². The van der Waals surface area contributed by atoms with Crippen molar-refractivity contribution in [3.8, 4) is 11.5 Å². The number of nitrogens with zero attached hydrogens (tertiary/aromatic N) is 1. The molecular formula is C29H38N2O7. The van der Waals surface area contributed by atoms with Gasteiger partial charge in [-0.25, -0.2) is 9.78 Å². The van der Waals surface area contributed by atoms with Crippen LogP contribution < -0.4 is 10.1 Å². The Balaban J connectivity index is 0.000000905. The van der Waals surface area contributed by atoms with Crippen LogP contribution in [0.15, 0.2) is 86.4 Å². The number of aromatic nitrogens is 1. The number of carbonyl (C=O) groups excluding carboxylic acids is 2. The molecule has 1 saturated heterocycles. The summed E-state index contributed by atoms with van der Waals surface area (Å²) in [6.07, 6.45) is 13.0. The van der Waals surface area contributed by atoms with E-state index in [4.69, 9.17) is 19.3 Å². The standard InChI is InChI=1S/C23H30N2O6.C6H8O/c1-5-7-16(6-2)8-9-17-12-15(3)31-23(28)18(14-30-13-17)25-22(27)20-21(26)19(29-4)10-11-24-20;1-3-5-6(7)4-2/h5-7,10-11,15,17-18,26H,1-2,8-9,12-14H2,3-4H3,(H,25,27);3-5,7H,1-2H2/b16-7+;6-5+/t15?,17?,18-;/m0./s1. The number of nitrogens with one attached hydrogen (secondary N) is 1. The van der Waals surface area contributed by atoms with Crippen LogP contribution in [-0.4, -0.2) is 59.5 Å². The summed E-state index contributed by atoms with van der Waals surface area (Å²) in [5.41, 5.74) is 0.833. The van der Waals surface area contributed by atoms with Gasteiger partial charge in [0.15, 0.2) is 23.2 Å². The number of hydrogen-bond acceptors (Lipinski definition) is 8. The molecule has 3 N–H and O–H groups in total. The Bertz CT molecular complexity index is 1050. The first-order valence-corrected chi connectivity index (χ1v) is 12.1. The third-order valence-corrected chi connectivity index (χ3v) is 5.47. The summed E-state index contributed by atoms with van der Waals surface area (Å²) in [5.74, 6) is -1.30. The van der Waals surface area contributed by atoms with Crippen molar-refractivity contribution >= 4 is 11.9 Å². The van der Waals surface area contributed by atoms with Gasteiger partial charge >= 0.3 is 5.97 Å². The number of aliphatic hydroxyl groups excluding tert-OH is 1. The van der Waals surface area contributed by atoms with Crippen LogP contribution >= 0.6 is 0 Å². The average molecular weight is 527 g/mol. The molecule has 206 valence electrons. The first-order valence-electron chi connectivity index (χ1n) is 12.1. The molecule has 1 aliphatic rings. The summed E-state index contributed by atoms with van der Waals surface area (Å²) in [7, 11) is 1.36. The Morgan fingerprint density at radius 1 is 1.21 bits per heavy atom. The third kappa shape index (κ3) is 10.9. The molecule has 0 radical (unpaired) electrons. The molecule has 0 saturated carbocycles. The minimum absolute atomic E-state index is 0.0463. The van der Waals surface area contributed by atoms with E-state index in [0.29, 0.717) is 13.0 Å². The summed E-state index contributed by atoms with van der Waals surface area (Å²) in [4.78, 5) is 29.0. The zero-order valence-electron chi connectivity index (χ0n) is 22.1. The summed E-state index contributed by atoms with van der Waals surface area (Å²) < 4.78 is 16.2. The lowest BCUT2D eigenvalue weighted by Gasteiger charge is -2.20. The fraction of sp³-hybridized carbons (Fsp3) is 0.345. The maximum atomic E-state index is 12.6. The molecule has 0 aliphatic carbocycles. The Hall–Kier alpha value is -4.11. The highest BCUT2D eigenvalue weighted by Crippen LogP contribution is 2.27. The predicted molar refractivity (Wildman–Crippen MR) is 147 cm³/mol. The van der Waals surface area contributed by atoms with Crippen molar-refractivity contribution in [2.24, 2.45) is 5.92 Å². The number of methoxy groups -OCH3 is 1. The molecule has 0 bridgehead atoms. The number of carbonyl (C=O) groups is 2. The maximum absolute atomic E-state index is 12.6. The number of pyridine rings is 1. The van der Waals surface area contributed by atoms with Crippen molar-refractivity contribution in [1.29, 1.82) is 0 Å². The maximum Gasteiger partial charge on any atom is 0.331 e.